The molecule has 1 rings (SSSR count). The van der Waals surface area contributed by atoms with Gasteiger partial charge in [-0.2, -0.15) is 0 Å². The molecule has 0 saturated carbocycles. The molecule has 4 N–H and O–H groups in total. The van der Waals surface area contributed by atoms with Crippen molar-refractivity contribution in [1.82, 2.24) is 4.98 Å². The molecule has 1 amide bonds. The second-order valence-corrected chi connectivity index (χ2v) is 3.38. The van der Waals surface area contributed by atoms with Crippen molar-refractivity contribution in [3.05, 3.63) is 23.9 Å². The van der Waals surface area contributed by atoms with Crippen LogP contribution in [0.5, 0.6) is 0 Å². The van der Waals surface area contributed by atoms with Crippen molar-refractivity contribution < 1.29 is 24.6 Å². The van der Waals surface area contributed by atoms with Gasteiger partial charge in [0, 0.05) is 6.20 Å². The topological polar surface area (TPSA) is 134 Å². The summed E-state index contributed by atoms with van der Waals surface area (Å²) < 4.78 is 0. The van der Waals surface area contributed by atoms with Gasteiger partial charge in [-0.05, 0) is 12.1 Å². The fraction of sp³-hybridized carbons (Fsp3) is 0.200. The Bertz CT molecular complexity index is 472. The zero-order chi connectivity index (χ0) is 13.7. The van der Waals surface area contributed by atoms with Crippen LogP contribution in [0.1, 0.15) is 10.4 Å². The predicted octanol–water partition coefficient (Wildman–Crippen LogP) is -0.844. The molecule has 0 fully saturated rings. The second kappa shape index (κ2) is 5.62. The summed E-state index contributed by atoms with van der Waals surface area (Å²) in [6.07, 6.45) is 1.32. The fourth-order valence-electron chi connectivity index (χ4n) is 1.37. The predicted molar refractivity (Wildman–Crippen MR) is 60.2 cm³/mol. The molecule has 0 aliphatic rings. The van der Waals surface area contributed by atoms with E-state index in [0.29, 0.717) is 0 Å². The number of pyridine rings is 1. The Balaban J connectivity index is 3.15. The molecule has 0 spiro atoms. The minimum absolute atomic E-state index is 0.0278. The van der Waals surface area contributed by atoms with Crippen molar-refractivity contribution in [2.75, 3.05) is 18.0 Å². The molecule has 96 valence electrons. The van der Waals surface area contributed by atoms with Crippen LogP contribution in [0.15, 0.2) is 18.3 Å². The van der Waals surface area contributed by atoms with Gasteiger partial charge in [-0.15, -0.1) is 0 Å². The molecule has 1 aromatic heterocycles. The lowest BCUT2D eigenvalue weighted by Crippen LogP contribution is -2.36. The van der Waals surface area contributed by atoms with Crippen LogP contribution in [0.3, 0.4) is 0 Å². The molecule has 18 heavy (non-hydrogen) atoms. The maximum Gasteiger partial charge on any atom is 0.323 e. The third-order valence-corrected chi connectivity index (χ3v) is 2.00. The largest absolute Gasteiger partial charge is 0.480 e. The Labute approximate surface area is 102 Å². The average molecular weight is 253 g/mol. The van der Waals surface area contributed by atoms with Gasteiger partial charge in [0.15, 0.2) is 0 Å². The summed E-state index contributed by atoms with van der Waals surface area (Å²) in [5, 5.41) is 17.4. The van der Waals surface area contributed by atoms with E-state index in [1.54, 1.807) is 0 Å². The Hall–Kier alpha value is -2.64. The Morgan fingerprint density at radius 2 is 1.78 bits per heavy atom. The van der Waals surface area contributed by atoms with Crippen LogP contribution in [-0.4, -0.2) is 46.1 Å². The van der Waals surface area contributed by atoms with E-state index in [2.05, 4.69) is 4.98 Å². The van der Waals surface area contributed by atoms with E-state index in [-0.39, 0.29) is 11.4 Å². The molecule has 0 atom stereocenters. The molecule has 0 saturated heterocycles. The summed E-state index contributed by atoms with van der Waals surface area (Å²) in [6.45, 7) is -1.19. The van der Waals surface area contributed by atoms with Gasteiger partial charge >= 0.3 is 11.9 Å². The molecule has 0 aliphatic heterocycles. The van der Waals surface area contributed by atoms with Gasteiger partial charge in [-0.1, -0.05) is 0 Å². The van der Waals surface area contributed by atoms with E-state index >= 15 is 0 Å². The number of aliphatic carboxylic acids is 2. The number of hydrogen-bond donors (Lipinski definition) is 3. The highest BCUT2D eigenvalue weighted by Crippen LogP contribution is 2.16. The number of carboxylic acids is 2. The van der Waals surface area contributed by atoms with Crippen LogP contribution in [0.25, 0.3) is 0 Å². The van der Waals surface area contributed by atoms with Crippen molar-refractivity contribution in [2.45, 2.75) is 0 Å². The molecule has 8 heteroatoms. The number of hydrogen-bond acceptors (Lipinski definition) is 5. The summed E-state index contributed by atoms with van der Waals surface area (Å²) in [4.78, 5) is 37.2. The fourth-order valence-corrected chi connectivity index (χ4v) is 1.37. The van der Waals surface area contributed by atoms with E-state index in [9.17, 15) is 14.4 Å². The van der Waals surface area contributed by atoms with Crippen LogP contribution in [0, 0.1) is 0 Å². The molecule has 1 heterocycles. The van der Waals surface area contributed by atoms with Gasteiger partial charge in [-0.3, -0.25) is 14.4 Å². The minimum atomic E-state index is -1.24. The molecular formula is C10H11N3O5. The lowest BCUT2D eigenvalue weighted by atomic mass is 10.2. The maximum atomic E-state index is 11.2. The van der Waals surface area contributed by atoms with E-state index in [1.807, 2.05) is 0 Å². The molecule has 8 nitrogen and oxygen atoms in total. The quantitative estimate of drug-likeness (QED) is 0.601. The number of carbonyl (C=O) groups is 3. The molecule has 0 aliphatic carbocycles. The van der Waals surface area contributed by atoms with Crippen molar-refractivity contribution in [1.29, 1.82) is 0 Å². The molecule has 0 bridgehead atoms. The van der Waals surface area contributed by atoms with Crippen molar-refractivity contribution in [3.63, 3.8) is 0 Å². The van der Waals surface area contributed by atoms with E-state index in [4.69, 9.17) is 15.9 Å². The lowest BCUT2D eigenvalue weighted by molar-refractivity contribution is -0.136. The number of anilines is 1. The summed E-state index contributed by atoms with van der Waals surface area (Å²) in [5.41, 5.74) is 5.09. The van der Waals surface area contributed by atoms with Gasteiger partial charge in [0.25, 0.3) is 5.91 Å². The number of carbonyl (C=O) groups excluding carboxylic acids is 1. The Morgan fingerprint density at radius 1 is 1.22 bits per heavy atom. The van der Waals surface area contributed by atoms with Crippen LogP contribution in [0.2, 0.25) is 0 Å². The van der Waals surface area contributed by atoms with Crippen LogP contribution < -0.4 is 10.6 Å². The molecule has 0 aromatic carbocycles. The molecule has 1 aromatic rings. The standard InChI is InChI=1S/C10H11N3O5/c11-9(18)6-2-1-3-12-10(6)13(4-7(14)15)5-8(16)17/h1-3H,4-5H2,(H2,11,18)(H,14,15)(H,16,17). The summed E-state index contributed by atoms with van der Waals surface area (Å²) in [5.74, 6) is -3.34. The number of rotatable bonds is 6. The highest BCUT2D eigenvalue weighted by Gasteiger charge is 2.20. The van der Waals surface area contributed by atoms with Crippen LogP contribution >= 0.6 is 0 Å². The average Bonchev–Trinajstić information content (AvgIpc) is 2.26. The first-order valence-corrected chi connectivity index (χ1v) is 4.85. The number of nitrogens with two attached hydrogens (primary N) is 1. The molecule has 0 unspecified atom stereocenters. The first kappa shape index (κ1) is 13.4. The maximum absolute atomic E-state index is 11.2. The SMILES string of the molecule is NC(=O)c1cccnc1N(CC(=O)O)CC(=O)O. The Kier molecular flexibility index (Phi) is 4.19. The van der Waals surface area contributed by atoms with Crippen molar-refractivity contribution >= 4 is 23.7 Å². The highest BCUT2D eigenvalue weighted by atomic mass is 16.4. The van der Waals surface area contributed by atoms with Gasteiger partial charge in [-0.25, -0.2) is 4.98 Å². The lowest BCUT2D eigenvalue weighted by Gasteiger charge is -2.21. The smallest absolute Gasteiger partial charge is 0.323 e. The second-order valence-electron chi connectivity index (χ2n) is 3.38. The normalized spacial score (nSPS) is 9.78. The summed E-state index contributed by atoms with van der Waals surface area (Å²) >= 11 is 0. The van der Waals surface area contributed by atoms with E-state index in [1.165, 1.54) is 18.3 Å². The Morgan fingerprint density at radius 3 is 2.22 bits per heavy atom. The third kappa shape index (κ3) is 3.44. The van der Waals surface area contributed by atoms with Gasteiger partial charge in [0.05, 0.1) is 5.56 Å². The molecular weight excluding hydrogens is 242 g/mol. The van der Waals surface area contributed by atoms with Gasteiger partial charge in [0.1, 0.15) is 18.9 Å². The number of aromatic nitrogens is 1. The van der Waals surface area contributed by atoms with Crippen LogP contribution in [-0.2, 0) is 9.59 Å². The zero-order valence-electron chi connectivity index (χ0n) is 9.24. The van der Waals surface area contributed by atoms with E-state index in [0.717, 1.165) is 4.90 Å². The van der Waals surface area contributed by atoms with Crippen molar-refractivity contribution in [2.24, 2.45) is 5.73 Å². The number of amides is 1. The first-order chi connectivity index (χ1) is 8.41. The zero-order valence-corrected chi connectivity index (χ0v) is 9.24. The minimum Gasteiger partial charge on any atom is -0.480 e. The first-order valence-electron chi connectivity index (χ1n) is 4.85. The van der Waals surface area contributed by atoms with Crippen molar-refractivity contribution in [3.8, 4) is 0 Å². The number of carboxylic acid groups (broad SMARTS) is 2. The third-order valence-electron chi connectivity index (χ3n) is 2.00. The van der Waals surface area contributed by atoms with Gasteiger partial charge in [0.2, 0.25) is 0 Å². The number of primary amides is 1. The molecule has 0 radical (unpaired) electrons. The van der Waals surface area contributed by atoms with E-state index < -0.39 is 30.9 Å². The van der Waals surface area contributed by atoms with Gasteiger partial charge < -0.3 is 20.8 Å². The van der Waals surface area contributed by atoms with Crippen LogP contribution in [0.4, 0.5) is 5.82 Å². The highest BCUT2D eigenvalue weighted by molar-refractivity contribution is 5.98. The summed E-state index contributed by atoms with van der Waals surface area (Å²) in [6, 6.07) is 2.80. The monoisotopic (exact) mass is 253 g/mol. The number of nitrogens with zero attached hydrogens (tertiary/aromatic N) is 2. The summed E-state index contributed by atoms with van der Waals surface area (Å²) in [7, 11) is 0.